The number of benzene rings is 1. The average molecular weight is 266 g/mol. The summed E-state index contributed by atoms with van der Waals surface area (Å²) in [6, 6.07) is 5.43. The fraction of sp³-hybridized carbons (Fsp3) is 0.533. The minimum Gasteiger partial charge on any atom is -0.493 e. The molecule has 0 heterocycles. The molecule has 0 aliphatic heterocycles. The van der Waals surface area contributed by atoms with Crippen molar-refractivity contribution < 1.29 is 19.0 Å². The Bertz CT molecular complexity index is 415. The van der Waals surface area contributed by atoms with Gasteiger partial charge in [-0.2, -0.15) is 0 Å². The van der Waals surface area contributed by atoms with Gasteiger partial charge in [-0.1, -0.05) is 19.9 Å². The van der Waals surface area contributed by atoms with Crippen molar-refractivity contribution in [1.29, 1.82) is 0 Å². The van der Waals surface area contributed by atoms with Crippen LogP contribution in [0.2, 0.25) is 0 Å². The molecule has 1 aromatic rings. The molecule has 19 heavy (non-hydrogen) atoms. The third kappa shape index (κ3) is 3.96. The Morgan fingerprint density at radius 1 is 1.16 bits per heavy atom. The molecule has 0 saturated heterocycles. The molecule has 1 atom stereocenters. The molecule has 0 aromatic heterocycles. The molecule has 0 aliphatic carbocycles. The molecule has 0 amide bonds. The lowest BCUT2D eigenvalue weighted by atomic mass is 10.0. The van der Waals surface area contributed by atoms with Gasteiger partial charge in [0.1, 0.15) is 6.10 Å². The van der Waals surface area contributed by atoms with E-state index in [4.69, 9.17) is 14.2 Å². The highest BCUT2D eigenvalue weighted by atomic mass is 16.5. The second-order valence-electron chi connectivity index (χ2n) is 4.19. The van der Waals surface area contributed by atoms with E-state index in [2.05, 4.69) is 0 Å². The molecule has 0 bridgehead atoms. The Hall–Kier alpha value is -1.55. The van der Waals surface area contributed by atoms with Gasteiger partial charge in [0.15, 0.2) is 17.3 Å². The highest BCUT2D eigenvalue weighted by Gasteiger charge is 2.21. The van der Waals surface area contributed by atoms with Gasteiger partial charge >= 0.3 is 0 Å². The van der Waals surface area contributed by atoms with Crippen molar-refractivity contribution in [1.82, 2.24) is 0 Å². The van der Waals surface area contributed by atoms with E-state index in [1.807, 2.05) is 19.9 Å². The zero-order valence-electron chi connectivity index (χ0n) is 12.1. The fourth-order valence-corrected chi connectivity index (χ4v) is 1.81. The number of ether oxygens (including phenoxy) is 3. The van der Waals surface area contributed by atoms with Gasteiger partial charge in [0, 0.05) is 13.0 Å². The Labute approximate surface area is 114 Å². The topological polar surface area (TPSA) is 44.8 Å². The Morgan fingerprint density at radius 3 is 2.37 bits per heavy atom. The number of hydrogen-bond donors (Lipinski definition) is 0. The number of methoxy groups -OCH3 is 2. The first kappa shape index (κ1) is 15.5. The van der Waals surface area contributed by atoms with Crippen LogP contribution in [0.1, 0.15) is 38.4 Å². The summed E-state index contributed by atoms with van der Waals surface area (Å²) in [5.74, 6) is 1.32. The van der Waals surface area contributed by atoms with E-state index in [0.717, 1.165) is 12.0 Å². The maximum Gasteiger partial charge on any atom is 0.165 e. The number of ketones is 1. The molecule has 0 radical (unpaired) electrons. The van der Waals surface area contributed by atoms with Crippen LogP contribution in [-0.4, -0.2) is 26.6 Å². The number of Topliss-reactive ketones (excluding diaryl/α,β-unsaturated/α-hetero) is 1. The number of hydrogen-bond acceptors (Lipinski definition) is 4. The Balaban J connectivity index is 3.04. The Morgan fingerprint density at radius 2 is 1.84 bits per heavy atom. The maximum atomic E-state index is 12.0. The van der Waals surface area contributed by atoms with Crippen molar-refractivity contribution in [2.45, 2.75) is 32.8 Å². The second-order valence-corrected chi connectivity index (χ2v) is 4.19. The second kappa shape index (κ2) is 7.79. The lowest BCUT2D eigenvalue weighted by molar-refractivity contribution is -0.130. The highest BCUT2D eigenvalue weighted by molar-refractivity contribution is 5.84. The smallest absolute Gasteiger partial charge is 0.165 e. The van der Waals surface area contributed by atoms with Gasteiger partial charge in [0.2, 0.25) is 0 Å². The summed E-state index contributed by atoms with van der Waals surface area (Å²) < 4.78 is 16.1. The van der Waals surface area contributed by atoms with Crippen molar-refractivity contribution in [3.63, 3.8) is 0 Å². The van der Waals surface area contributed by atoms with E-state index in [9.17, 15) is 4.79 Å². The van der Waals surface area contributed by atoms with Gasteiger partial charge in [-0.3, -0.25) is 4.79 Å². The molecule has 0 spiro atoms. The van der Waals surface area contributed by atoms with Crippen molar-refractivity contribution in [3.05, 3.63) is 23.8 Å². The predicted molar refractivity (Wildman–Crippen MR) is 73.8 cm³/mol. The average Bonchev–Trinajstić information content (AvgIpc) is 2.46. The normalized spacial score (nSPS) is 12.0. The zero-order valence-corrected chi connectivity index (χ0v) is 12.1. The third-order valence-corrected chi connectivity index (χ3v) is 2.84. The first-order valence-corrected chi connectivity index (χ1v) is 6.54. The van der Waals surface area contributed by atoms with Crippen LogP contribution in [0, 0.1) is 0 Å². The fourth-order valence-electron chi connectivity index (χ4n) is 1.81. The van der Waals surface area contributed by atoms with Gasteiger partial charge in [-0.05, 0) is 24.1 Å². The van der Waals surface area contributed by atoms with Gasteiger partial charge in [-0.15, -0.1) is 0 Å². The minimum atomic E-state index is -0.523. The molecule has 1 aromatic carbocycles. The Kier molecular flexibility index (Phi) is 6.36. The van der Waals surface area contributed by atoms with Crippen LogP contribution in [0.3, 0.4) is 0 Å². The summed E-state index contributed by atoms with van der Waals surface area (Å²) >= 11 is 0. The quantitative estimate of drug-likeness (QED) is 0.725. The lowest BCUT2D eigenvalue weighted by Gasteiger charge is -2.18. The molecule has 4 nitrogen and oxygen atoms in total. The molecule has 0 aliphatic rings. The molecule has 106 valence electrons. The molecule has 1 rings (SSSR count). The van der Waals surface area contributed by atoms with Crippen LogP contribution in [0.15, 0.2) is 18.2 Å². The van der Waals surface area contributed by atoms with E-state index >= 15 is 0 Å². The molecular formula is C15H22O4. The van der Waals surface area contributed by atoms with E-state index in [1.54, 1.807) is 26.4 Å². The van der Waals surface area contributed by atoms with E-state index in [1.165, 1.54) is 0 Å². The molecular weight excluding hydrogens is 244 g/mol. The van der Waals surface area contributed by atoms with E-state index < -0.39 is 6.10 Å². The van der Waals surface area contributed by atoms with Gasteiger partial charge in [-0.25, -0.2) is 0 Å². The summed E-state index contributed by atoms with van der Waals surface area (Å²) in [6.45, 7) is 4.41. The van der Waals surface area contributed by atoms with E-state index in [0.29, 0.717) is 24.5 Å². The molecule has 1 unspecified atom stereocenters. The van der Waals surface area contributed by atoms with Crippen LogP contribution in [0.5, 0.6) is 11.5 Å². The molecule has 0 saturated carbocycles. The minimum absolute atomic E-state index is 0.0701. The number of carbonyl (C=O) groups is 1. The van der Waals surface area contributed by atoms with Crippen molar-refractivity contribution >= 4 is 5.78 Å². The summed E-state index contributed by atoms with van der Waals surface area (Å²) in [5.41, 5.74) is 0.804. The van der Waals surface area contributed by atoms with E-state index in [-0.39, 0.29) is 5.78 Å². The third-order valence-electron chi connectivity index (χ3n) is 2.84. The molecule has 0 N–H and O–H groups in total. The first-order chi connectivity index (χ1) is 9.17. The predicted octanol–water partition coefficient (Wildman–Crippen LogP) is 3.15. The maximum absolute atomic E-state index is 12.0. The summed E-state index contributed by atoms with van der Waals surface area (Å²) in [5, 5.41) is 0. The monoisotopic (exact) mass is 266 g/mol. The standard InChI is InChI=1S/C15H22O4/c1-5-9-19-15(12(16)6-2)11-7-8-13(17-3)14(10-11)18-4/h7-8,10,15H,5-6,9H2,1-4H3. The van der Waals surface area contributed by atoms with Crippen molar-refractivity contribution in [2.24, 2.45) is 0 Å². The van der Waals surface area contributed by atoms with Gasteiger partial charge in [0.05, 0.1) is 14.2 Å². The van der Waals surface area contributed by atoms with Crippen molar-refractivity contribution in [2.75, 3.05) is 20.8 Å². The van der Waals surface area contributed by atoms with Crippen LogP contribution in [-0.2, 0) is 9.53 Å². The zero-order chi connectivity index (χ0) is 14.3. The molecule has 0 fully saturated rings. The SMILES string of the molecule is CCCOC(C(=O)CC)c1ccc(OC)c(OC)c1. The van der Waals surface area contributed by atoms with Crippen LogP contribution in [0.4, 0.5) is 0 Å². The van der Waals surface area contributed by atoms with Crippen LogP contribution in [0.25, 0.3) is 0 Å². The largest absolute Gasteiger partial charge is 0.493 e. The molecule has 4 heteroatoms. The first-order valence-electron chi connectivity index (χ1n) is 6.54. The van der Waals surface area contributed by atoms with Gasteiger partial charge in [0.25, 0.3) is 0 Å². The van der Waals surface area contributed by atoms with Crippen LogP contribution >= 0.6 is 0 Å². The summed E-state index contributed by atoms with van der Waals surface area (Å²) in [4.78, 5) is 12.0. The summed E-state index contributed by atoms with van der Waals surface area (Å²) in [7, 11) is 3.16. The van der Waals surface area contributed by atoms with Crippen molar-refractivity contribution in [3.8, 4) is 11.5 Å². The van der Waals surface area contributed by atoms with Gasteiger partial charge < -0.3 is 14.2 Å². The summed E-state index contributed by atoms with van der Waals surface area (Å²) in [6.07, 6.45) is 0.800. The van der Waals surface area contributed by atoms with Crippen LogP contribution < -0.4 is 9.47 Å². The highest BCUT2D eigenvalue weighted by Crippen LogP contribution is 2.31. The number of rotatable bonds is 8. The number of carbonyl (C=O) groups excluding carboxylic acids is 1. The lowest BCUT2D eigenvalue weighted by Crippen LogP contribution is -2.16.